The quantitative estimate of drug-likeness (QED) is 0.895. The lowest BCUT2D eigenvalue weighted by atomic mass is 9.97. The summed E-state index contributed by atoms with van der Waals surface area (Å²) in [6.45, 7) is 4.13. The van der Waals surface area contributed by atoms with Crippen molar-refractivity contribution in [3.05, 3.63) is 27.7 Å². The third-order valence-corrected chi connectivity index (χ3v) is 3.13. The van der Waals surface area contributed by atoms with E-state index in [0.29, 0.717) is 5.92 Å². The maximum atomic E-state index is 9.06. The molecule has 3 N–H and O–H groups in total. The number of aliphatic hydroxyl groups is 1. The number of nitrogens with two attached hydrogens (primary N) is 1. The SMILES string of the molecule is COc1c(Br)cc(C(N)CO)cc1C(C)C. The Morgan fingerprint density at radius 2 is 2.06 bits per heavy atom. The molecule has 0 spiro atoms. The van der Waals surface area contributed by atoms with Crippen LogP contribution in [0.3, 0.4) is 0 Å². The monoisotopic (exact) mass is 287 g/mol. The molecule has 0 aliphatic heterocycles. The van der Waals surface area contributed by atoms with Gasteiger partial charge in [-0.2, -0.15) is 0 Å². The molecule has 0 aromatic heterocycles. The highest BCUT2D eigenvalue weighted by Crippen LogP contribution is 2.36. The Morgan fingerprint density at radius 3 is 2.50 bits per heavy atom. The van der Waals surface area contributed by atoms with Crippen molar-refractivity contribution >= 4 is 15.9 Å². The topological polar surface area (TPSA) is 55.5 Å². The Hall–Kier alpha value is -0.580. The molecule has 4 heteroatoms. The van der Waals surface area contributed by atoms with Gasteiger partial charge in [-0.15, -0.1) is 0 Å². The van der Waals surface area contributed by atoms with Crippen molar-refractivity contribution in [2.45, 2.75) is 25.8 Å². The standard InChI is InChI=1S/C12H18BrNO2/c1-7(2)9-4-8(11(14)6-15)5-10(13)12(9)16-3/h4-5,7,11,15H,6,14H2,1-3H3. The predicted octanol–water partition coefficient (Wildman–Crippen LogP) is 2.57. The molecule has 1 unspecified atom stereocenters. The van der Waals surface area contributed by atoms with Crippen molar-refractivity contribution < 1.29 is 9.84 Å². The minimum atomic E-state index is -0.347. The maximum Gasteiger partial charge on any atom is 0.136 e. The van der Waals surface area contributed by atoms with Gasteiger partial charge in [-0.25, -0.2) is 0 Å². The Balaban J connectivity index is 3.28. The van der Waals surface area contributed by atoms with Crippen LogP contribution in [-0.2, 0) is 0 Å². The highest BCUT2D eigenvalue weighted by molar-refractivity contribution is 9.10. The van der Waals surface area contributed by atoms with Gasteiger partial charge in [0.15, 0.2) is 0 Å². The van der Waals surface area contributed by atoms with E-state index in [9.17, 15) is 0 Å². The second-order valence-electron chi connectivity index (χ2n) is 4.07. The third-order valence-electron chi connectivity index (χ3n) is 2.55. The van der Waals surface area contributed by atoms with E-state index in [1.165, 1.54) is 0 Å². The number of methoxy groups -OCH3 is 1. The smallest absolute Gasteiger partial charge is 0.136 e. The fourth-order valence-electron chi connectivity index (χ4n) is 1.60. The van der Waals surface area contributed by atoms with Gasteiger partial charge < -0.3 is 15.6 Å². The summed E-state index contributed by atoms with van der Waals surface area (Å²) in [6, 6.07) is 3.54. The third kappa shape index (κ3) is 2.75. The van der Waals surface area contributed by atoms with Gasteiger partial charge in [-0.3, -0.25) is 0 Å². The summed E-state index contributed by atoms with van der Waals surface area (Å²) in [7, 11) is 1.65. The van der Waals surface area contributed by atoms with Gasteiger partial charge >= 0.3 is 0 Å². The van der Waals surface area contributed by atoms with Crippen LogP contribution < -0.4 is 10.5 Å². The lowest BCUT2D eigenvalue weighted by molar-refractivity contribution is 0.268. The van der Waals surface area contributed by atoms with E-state index in [1.807, 2.05) is 12.1 Å². The largest absolute Gasteiger partial charge is 0.495 e. The van der Waals surface area contributed by atoms with Crippen LogP contribution in [0.1, 0.15) is 36.9 Å². The molecular formula is C12H18BrNO2. The normalized spacial score (nSPS) is 12.9. The van der Waals surface area contributed by atoms with Crippen molar-refractivity contribution in [1.29, 1.82) is 0 Å². The number of rotatable bonds is 4. The molecule has 1 aromatic rings. The summed E-state index contributed by atoms with van der Waals surface area (Å²) >= 11 is 3.46. The molecule has 0 bridgehead atoms. The molecular weight excluding hydrogens is 270 g/mol. The number of ether oxygens (including phenoxy) is 1. The van der Waals surface area contributed by atoms with Gasteiger partial charge in [0.1, 0.15) is 5.75 Å². The number of benzene rings is 1. The van der Waals surface area contributed by atoms with Crippen LogP contribution in [0.2, 0.25) is 0 Å². The van der Waals surface area contributed by atoms with Crippen molar-refractivity contribution in [3.8, 4) is 5.75 Å². The molecule has 0 aliphatic carbocycles. The summed E-state index contributed by atoms with van der Waals surface area (Å²) in [4.78, 5) is 0. The van der Waals surface area contributed by atoms with Crippen LogP contribution >= 0.6 is 15.9 Å². The van der Waals surface area contributed by atoms with Gasteiger partial charge in [0.25, 0.3) is 0 Å². The van der Waals surface area contributed by atoms with Gasteiger partial charge in [0.2, 0.25) is 0 Å². The summed E-state index contributed by atoms with van der Waals surface area (Å²) in [5, 5.41) is 9.06. The number of halogens is 1. The van der Waals surface area contributed by atoms with E-state index in [2.05, 4.69) is 29.8 Å². The summed E-state index contributed by atoms with van der Waals surface area (Å²) in [5.74, 6) is 1.18. The molecule has 0 radical (unpaired) electrons. The van der Waals surface area contributed by atoms with Crippen LogP contribution in [-0.4, -0.2) is 18.8 Å². The molecule has 90 valence electrons. The van der Waals surface area contributed by atoms with Crippen molar-refractivity contribution in [1.82, 2.24) is 0 Å². The average Bonchev–Trinajstić information content (AvgIpc) is 2.26. The number of hydrogen-bond acceptors (Lipinski definition) is 3. The zero-order chi connectivity index (χ0) is 12.3. The zero-order valence-electron chi connectivity index (χ0n) is 9.83. The van der Waals surface area contributed by atoms with Crippen LogP contribution in [0.15, 0.2) is 16.6 Å². The van der Waals surface area contributed by atoms with Gasteiger partial charge in [0.05, 0.1) is 24.2 Å². The first-order valence-electron chi connectivity index (χ1n) is 5.25. The summed E-state index contributed by atoms with van der Waals surface area (Å²) < 4.78 is 6.23. The Bertz CT molecular complexity index is 366. The molecule has 0 aliphatic rings. The van der Waals surface area contributed by atoms with Crippen LogP contribution in [0, 0.1) is 0 Å². The predicted molar refractivity (Wildman–Crippen MR) is 68.8 cm³/mol. The molecule has 16 heavy (non-hydrogen) atoms. The van der Waals surface area contributed by atoms with E-state index in [0.717, 1.165) is 21.3 Å². The van der Waals surface area contributed by atoms with Crippen LogP contribution in [0.25, 0.3) is 0 Å². The van der Waals surface area contributed by atoms with E-state index >= 15 is 0 Å². The first-order chi connectivity index (χ1) is 7.51. The highest BCUT2D eigenvalue weighted by atomic mass is 79.9. The maximum absolute atomic E-state index is 9.06. The Labute approximate surface area is 105 Å². The zero-order valence-corrected chi connectivity index (χ0v) is 11.4. The summed E-state index contributed by atoms with van der Waals surface area (Å²) in [5.41, 5.74) is 7.82. The van der Waals surface area contributed by atoms with E-state index in [4.69, 9.17) is 15.6 Å². The highest BCUT2D eigenvalue weighted by Gasteiger charge is 2.15. The fourth-order valence-corrected chi connectivity index (χ4v) is 2.26. The second kappa shape index (κ2) is 5.66. The first kappa shape index (κ1) is 13.5. The molecule has 3 nitrogen and oxygen atoms in total. The first-order valence-corrected chi connectivity index (χ1v) is 6.04. The number of aliphatic hydroxyl groups excluding tert-OH is 1. The van der Waals surface area contributed by atoms with Crippen molar-refractivity contribution in [2.75, 3.05) is 13.7 Å². The van der Waals surface area contributed by atoms with Gasteiger partial charge in [-0.1, -0.05) is 19.9 Å². The molecule has 0 fully saturated rings. The van der Waals surface area contributed by atoms with Crippen molar-refractivity contribution in [3.63, 3.8) is 0 Å². The number of hydrogen-bond donors (Lipinski definition) is 2. The second-order valence-corrected chi connectivity index (χ2v) is 4.92. The van der Waals surface area contributed by atoms with Crippen molar-refractivity contribution in [2.24, 2.45) is 5.73 Å². The molecule has 0 saturated carbocycles. The lowest BCUT2D eigenvalue weighted by Crippen LogP contribution is -2.15. The van der Waals surface area contributed by atoms with Crippen LogP contribution in [0.5, 0.6) is 5.75 Å². The molecule has 0 heterocycles. The molecule has 0 saturated heterocycles. The lowest BCUT2D eigenvalue weighted by Gasteiger charge is -2.17. The molecule has 1 aromatic carbocycles. The van der Waals surface area contributed by atoms with Gasteiger partial charge in [0, 0.05) is 0 Å². The minimum Gasteiger partial charge on any atom is -0.495 e. The Morgan fingerprint density at radius 1 is 1.44 bits per heavy atom. The molecule has 0 amide bonds. The van der Waals surface area contributed by atoms with E-state index in [1.54, 1.807) is 7.11 Å². The molecule has 1 rings (SSSR count). The summed E-state index contributed by atoms with van der Waals surface area (Å²) in [6.07, 6.45) is 0. The van der Waals surface area contributed by atoms with Crippen LogP contribution in [0.4, 0.5) is 0 Å². The van der Waals surface area contributed by atoms with E-state index < -0.39 is 0 Å². The average molecular weight is 288 g/mol. The fraction of sp³-hybridized carbons (Fsp3) is 0.500. The van der Waals surface area contributed by atoms with Gasteiger partial charge in [-0.05, 0) is 39.0 Å². The molecule has 1 atom stereocenters. The Kier molecular flexibility index (Phi) is 4.77. The minimum absolute atomic E-state index is 0.0592. The van der Waals surface area contributed by atoms with E-state index in [-0.39, 0.29) is 12.6 Å².